The summed E-state index contributed by atoms with van der Waals surface area (Å²) < 4.78 is 0. The lowest BCUT2D eigenvalue weighted by atomic mass is 10.0. The average molecular weight is 440 g/mol. The largest absolute Gasteiger partial charge is 0.350 e. The fourth-order valence-corrected chi connectivity index (χ4v) is 5.05. The summed E-state index contributed by atoms with van der Waals surface area (Å²) in [6.07, 6.45) is 2.35. The van der Waals surface area contributed by atoms with Gasteiger partial charge in [-0.2, -0.15) is 0 Å². The third-order valence-corrected chi connectivity index (χ3v) is 6.71. The maximum absolute atomic E-state index is 13.7. The van der Waals surface area contributed by atoms with Gasteiger partial charge in [-0.05, 0) is 48.7 Å². The van der Waals surface area contributed by atoms with Crippen LogP contribution in [0.2, 0.25) is 0 Å². The first-order valence-corrected chi connectivity index (χ1v) is 11.7. The van der Waals surface area contributed by atoms with Crippen molar-refractivity contribution in [2.45, 2.75) is 31.5 Å². The lowest BCUT2D eigenvalue weighted by molar-refractivity contribution is -0.126. The molecular formula is C28H29N3O2. The highest BCUT2D eigenvalue weighted by atomic mass is 16.2. The Morgan fingerprint density at radius 1 is 0.879 bits per heavy atom. The van der Waals surface area contributed by atoms with Gasteiger partial charge in [0.2, 0.25) is 5.91 Å². The molecule has 2 aliphatic rings. The molecule has 0 saturated carbocycles. The highest BCUT2D eigenvalue weighted by Crippen LogP contribution is 2.40. The molecule has 33 heavy (non-hydrogen) atoms. The molecule has 5 rings (SSSR count). The standard InChI is InChI=1S/C28H29N3O2/c32-27(29-19-21-11-3-1-4-12-21)26-23-15-7-8-16-24(23)28(33)31(26)25(20-30-17-9-10-18-30)22-13-5-2-6-14-22/h1-8,11-16,25-26H,9-10,17-20H2,(H,29,32). The summed E-state index contributed by atoms with van der Waals surface area (Å²) in [5, 5.41) is 3.09. The molecule has 168 valence electrons. The van der Waals surface area contributed by atoms with Gasteiger partial charge >= 0.3 is 0 Å². The molecule has 0 radical (unpaired) electrons. The van der Waals surface area contributed by atoms with E-state index in [1.54, 1.807) is 0 Å². The molecule has 0 aromatic heterocycles. The van der Waals surface area contributed by atoms with Crippen molar-refractivity contribution in [3.05, 3.63) is 107 Å². The van der Waals surface area contributed by atoms with Gasteiger partial charge < -0.3 is 15.1 Å². The van der Waals surface area contributed by atoms with Gasteiger partial charge in [0.05, 0.1) is 6.04 Å². The van der Waals surface area contributed by atoms with Crippen molar-refractivity contribution in [1.82, 2.24) is 15.1 Å². The summed E-state index contributed by atoms with van der Waals surface area (Å²) in [7, 11) is 0. The lowest BCUT2D eigenvalue weighted by Gasteiger charge is -2.35. The summed E-state index contributed by atoms with van der Waals surface area (Å²) in [6, 6.07) is 26.7. The van der Waals surface area contributed by atoms with E-state index in [9.17, 15) is 9.59 Å². The molecular weight excluding hydrogens is 410 g/mol. The van der Waals surface area contributed by atoms with E-state index in [2.05, 4.69) is 22.3 Å². The summed E-state index contributed by atoms with van der Waals surface area (Å²) in [5.74, 6) is -0.210. The van der Waals surface area contributed by atoms with E-state index in [-0.39, 0.29) is 17.9 Å². The zero-order chi connectivity index (χ0) is 22.6. The summed E-state index contributed by atoms with van der Waals surface area (Å²) >= 11 is 0. The molecule has 0 bridgehead atoms. The lowest BCUT2D eigenvalue weighted by Crippen LogP contribution is -2.44. The van der Waals surface area contributed by atoms with E-state index in [4.69, 9.17) is 0 Å². The zero-order valence-electron chi connectivity index (χ0n) is 18.7. The number of nitrogens with zero attached hydrogens (tertiary/aromatic N) is 2. The van der Waals surface area contributed by atoms with Crippen LogP contribution in [-0.2, 0) is 11.3 Å². The molecule has 5 nitrogen and oxygen atoms in total. The predicted molar refractivity (Wildman–Crippen MR) is 128 cm³/mol. The highest BCUT2D eigenvalue weighted by Gasteiger charge is 2.45. The van der Waals surface area contributed by atoms with E-state index in [1.165, 1.54) is 12.8 Å². The molecule has 3 aromatic rings. The van der Waals surface area contributed by atoms with E-state index in [0.29, 0.717) is 12.1 Å². The zero-order valence-corrected chi connectivity index (χ0v) is 18.7. The Bertz CT molecular complexity index is 1110. The number of likely N-dealkylation sites (tertiary alicyclic amines) is 1. The van der Waals surface area contributed by atoms with Crippen LogP contribution in [0.5, 0.6) is 0 Å². The van der Waals surface area contributed by atoms with Crippen molar-refractivity contribution < 1.29 is 9.59 Å². The molecule has 2 unspecified atom stereocenters. The molecule has 5 heteroatoms. The van der Waals surface area contributed by atoms with Crippen molar-refractivity contribution in [2.24, 2.45) is 0 Å². The number of amides is 2. The minimum atomic E-state index is -0.648. The molecule has 3 aromatic carbocycles. The van der Waals surface area contributed by atoms with E-state index in [0.717, 1.165) is 36.3 Å². The summed E-state index contributed by atoms with van der Waals surface area (Å²) in [5.41, 5.74) is 3.51. The first kappa shape index (κ1) is 21.4. The van der Waals surface area contributed by atoms with Crippen LogP contribution in [0.1, 0.15) is 52.0 Å². The van der Waals surface area contributed by atoms with Crippen LogP contribution < -0.4 is 5.32 Å². The van der Waals surface area contributed by atoms with Crippen LogP contribution >= 0.6 is 0 Å². The molecule has 0 aliphatic carbocycles. The Labute approximate surface area is 195 Å². The Kier molecular flexibility index (Phi) is 6.22. The third-order valence-electron chi connectivity index (χ3n) is 6.71. The maximum Gasteiger partial charge on any atom is 0.255 e. The Morgan fingerprint density at radius 2 is 1.52 bits per heavy atom. The number of hydrogen-bond donors (Lipinski definition) is 1. The highest BCUT2D eigenvalue weighted by molar-refractivity contribution is 6.05. The SMILES string of the molecule is O=C(NCc1ccccc1)C1c2ccccc2C(=O)N1C(CN1CCCC1)c1ccccc1. The van der Waals surface area contributed by atoms with E-state index < -0.39 is 6.04 Å². The Balaban J connectivity index is 1.49. The second-order valence-corrected chi connectivity index (χ2v) is 8.84. The summed E-state index contributed by atoms with van der Waals surface area (Å²) in [4.78, 5) is 31.5. The minimum absolute atomic E-state index is 0.0708. The molecule has 1 saturated heterocycles. The van der Waals surface area contributed by atoms with Gasteiger partial charge in [-0.3, -0.25) is 9.59 Å². The topological polar surface area (TPSA) is 52.7 Å². The van der Waals surface area contributed by atoms with Crippen molar-refractivity contribution in [1.29, 1.82) is 0 Å². The number of carbonyl (C=O) groups excluding carboxylic acids is 2. The van der Waals surface area contributed by atoms with Gasteiger partial charge in [0, 0.05) is 18.7 Å². The molecule has 0 spiro atoms. The quantitative estimate of drug-likeness (QED) is 0.596. The number of hydrogen-bond acceptors (Lipinski definition) is 3. The fraction of sp³-hybridized carbons (Fsp3) is 0.286. The van der Waals surface area contributed by atoms with E-state index in [1.807, 2.05) is 77.7 Å². The van der Waals surface area contributed by atoms with Gasteiger partial charge in [-0.25, -0.2) is 0 Å². The number of nitrogens with one attached hydrogen (secondary N) is 1. The molecule has 2 amide bonds. The van der Waals surface area contributed by atoms with Crippen molar-refractivity contribution in [3.8, 4) is 0 Å². The number of rotatable bonds is 7. The average Bonchev–Trinajstić information content (AvgIpc) is 3.48. The Hall–Kier alpha value is -3.44. The molecule has 2 atom stereocenters. The number of carbonyl (C=O) groups is 2. The molecule has 1 fully saturated rings. The summed E-state index contributed by atoms with van der Waals surface area (Å²) in [6.45, 7) is 3.22. The van der Waals surface area contributed by atoms with Crippen LogP contribution in [0.15, 0.2) is 84.9 Å². The Morgan fingerprint density at radius 3 is 2.24 bits per heavy atom. The van der Waals surface area contributed by atoms with Crippen LogP contribution in [0.4, 0.5) is 0 Å². The van der Waals surface area contributed by atoms with Gasteiger partial charge in [0.15, 0.2) is 0 Å². The van der Waals surface area contributed by atoms with Gasteiger partial charge in [-0.15, -0.1) is 0 Å². The van der Waals surface area contributed by atoms with Crippen LogP contribution in [0.3, 0.4) is 0 Å². The molecule has 2 aliphatic heterocycles. The normalized spacial score (nSPS) is 18.8. The molecule has 1 N–H and O–H groups in total. The minimum Gasteiger partial charge on any atom is -0.350 e. The first-order valence-electron chi connectivity index (χ1n) is 11.7. The van der Waals surface area contributed by atoms with Gasteiger partial charge in [-0.1, -0.05) is 78.9 Å². The molecule has 2 heterocycles. The van der Waals surface area contributed by atoms with Crippen molar-refractivity contribution >= 4 is 11.8 Å². The monoisotopic (exact) mass is 439 g/mol. The number of fused-ring (bicyclic) bond motifs is 1. The van der Waals surface area contributed by atoms with Crippen LogP contribution in [0, 0.1) is 0 Å². The number of benzene rings is 3. The second kappa shape index (κ2) is 9.59. The smallest absolute Gasteiger partial charge is 0.255 e. The van der Waals surface area contributed by atoms with Crippen molar-refractivity contribution in [3.63, 3.8) is 0 Å². The predicted octanol–water partition coefficient (Wildman–Crippen LogP) is 4.34. The fourth-order valence-electron chi connectivity index (χ4n) is 5.05. The maximum atomic E-state index is 13.7. The van der Waals surface area contributed by atoms with Gasteiger partial charge in [0.25, 0.3) is 5.91 Å². The van der Waals surface area contributed by atoms with Crippen LogP contribution in [0.25, 0.3) is 0 Å². The first-order chi connectivity index (χ1) is 16.2. The third kappa shape index (κ3) is 4.41. The van der Waals surface area contributed by atoms with Gasteiger partial charge in [0.1, 0.15) is 6.04 Å². The van der Waals surface area contributed by atoms with Crippen molar-refractivity contribution in [2.75, 3.05) is 19.6 Å². The van der Waals surface area contributed by atoms with E-state index >= 15 is 0 Å². The van der Waals surface area contributed by atoms with Crippen LogP contribution in [-0.4, -0.2) is 41.2 Å². The second-order valence-electron chi connectivity index (χ2n) is 8.84.